The SMILES string of the molecule is COCC(C(C)=O)c1ccc(OC(=O)N2CCN(C(=O)OC(C)(C)C)CC2C(=O)OC)cc1. The van der Waals surface area contributed by atoms with E-state index >= 15 is 0 Å². The van der Waals surface area contributed by atoms with Crippen LogP contribution >= 0.6 is 0 Å². The lowest BCUT2D eigenvalue weighted by Crippen LogP contribution is -2.60. The number of ketones is 1. The third-order valence-corrected chi connectivity index (χ3v) is 5.05. The molecule has 2 atom stereocenters. The van der Waals surface area contributed by atoms with Gasteiger partial charge in [-0.2, -0.15) is 0 Å². The summed E-state index contributed by atoms with van der Waals surface area (Å²) in [6.45, 7) is 7.13. The number of nitrogens with zero attached hydrogens (tertiary/aromatic N) is 2. The molecule has 0 spiro atoms. The van der Waals surface area contributed by atoms with E-state index < -0.39 is 35.7 Å². The first kappa shape index (κ1) is 26.1. The Morgan fingerprint density at radius 1 is 1.03 bits per heavy atom. The van der Waals surface area contributed by atoms with Crippen molar-refractivity contribution in [2.75, 3.05) is 40.5 Å². The molecule has 0 aliphatic carbocycles. The molecule has 1 aromatic carbocycles. The van der Waals surface area contributed by atoms with Crippen LogP contribution in [0.15, 0.2) is 24.3 Å². The topological polar surface area (TPSA) is 112 Å². The van der Waals surface area contributed by atoms with Gasteiger partial charge in [-0.15, -0.1) is 0 Å². The monoisotopic (exact) mass is 464 g/mol. The predicted octanol–water partition coefficient (Wildman–Crippen LogP) is 2.60. The molecule has 0 bridgehead atoms. The number of benzene rings is 1. The van der Waals surface area contributed by atoms with Gasteiger partial charge in [0.1, 0.15) is 17.1 Å². The number of ether oxygens (including phenoxy) is 4. The summed E-state index contributed by atoms with van der Waals surface area (Å²) in [5, 5.41) is 0. The third-order valence-electron chi connectivity index (χ3n) is 5.05. The van der Waals surface area contributed by atoms with Gasteiger partial charge >= 0.3 is 18.2 Å². The van der Waals surface area contributed by atoms with E-state index in [0.29, 0.717) is 0 Å². The van der Waals surface area contributed by atoms with Gasteiger partial charge in [0.2, 0.25) is 0 Å². The van der Waals surface area contributed by atoms with Crippen LogP contribution in [0.5, 0.6) is 5.75 Å². The van der Waals surface area contributed by atoms with Crippen molar-refractivity contribution in [3.63, 3.8) is 0 Å². The van der Waals surface area contributed by atoms with E-state index in [0.717, 1.165) is 5.56 Å². The van der Waals surface area contributed by atoms with Crippen molar-refractivity contribution in [3.8, 4) is 5.75 Å². The molecular formula is C23H32N2O8. The molecule has 0 saturated carbocycles. The van der Waals surface area contributed by atoms with E-state index in [4.69, 9.17) is 18.9 Å². The predicted molar refractivity (Wildman–Crippen MR) is 118 cm³/mol. The van der Waals surface area contributed by atoms with E-state index in [1.807, 2.05) is 0 Å². The Bertz CT molecular complexity index is 862. The van der Waals surface area contributed by atoms with Crippen LogP contribution in [-0.2, 0) is 23.8 Å². The van der Waals surface area contributed by atoms with Crippen LogP contribution in [-0.4, -0.2) is 85.8 Å². The number of esters is 1. The molecule has 1 aliphatic heterocycles. The van der Waals surface area contributed by atoms with Crippen LogP contribution in [0.25, 0.3) is 0 Å². The number of carbonyl (C=O) groups is 4. The molecule has 2 rings (SSSR count). The lowest BCUT2D eigenvalue weighted by Gasteiger charge is -2.39. The van der Waals surface area contributed by atoms with Gasteiger partial charge < -0.3 is 23.8 Å². The Balaban J connectivity index is 2.10. The molecule has 1 heterocycles. The van der Waals surface area contributed by atoms with E-state index in [1.165, 1.54) is 30.9 Å². The molecule has 1 saturated heterocycles. The number of hydrogen-bond acceptors (Lipinski definition) is 8. The minimum absolute atomic E-state index is 0.0367. The summed E-state index contributed by atoms with van der Waals surface area (Å²) in [7, 11) is 2.73. The Morgan fingerprint density at radius 2 is 1.67 bits per heavy atom. The molecule has 1 aliphatic rings. The van der Waals surface area contributed by atoms with Crippen LogP contribution in [0.1, 0.15) is 39.2 Å². The zero-order valence-corrected chi connectivity index (χ0v) is 20.0. The number of rotatable bonds is 6. The standard InChI is InChI=1S/C23H32N2O8/c1-15(26)18(14-30-5)16-7-9-17(10-8-16)32-22(29)25-12-11-24(13-19(25)20(27)31-6)21(28)33-23(2,3)4/h7-10,18-19H,11-14H2,1-6H3. The van der Waals surface area contributed by atoms with E-state index in [-0.39, 0.29) is 37.8 Å². The lowest BCUT2D eigenvalue weighted by molar-refractivity contribution is -0.148. The lowest BCUT2D eigenvalue weighted by atomic mass is 9.96. The fraction of sp³-hybridized carbons (Fsp3) is 0.565. The number of piperazine rings is 1. The van der Waals surface area contributed by atoms with Gasteiger partial charge in [-0.1, -0.05) is 12.1 Å². The molecule has 1 aromatic rings. The highest BCUT2D eigenvalue weighted by Crippen LogP contribution is 2.23. The van der Waals surface area contributed by atoms with Crippen molar-refractivity contribution in [3.05, 3.63) is 29.8 Å². The first-order valence-corrected chi connectivity index (χ1v) is 10.6. The van der Waals surface area contributed by atoms with E-state index in [1.54, 1.807) is 45.0 Å². The van der Waals surface area contributed by atoms with Gasteiger partial charge in [-0.05, 0) is 45.4 Å². The fourth-order valence-corrected chi connectivity index (χ4v) is 3.37. The van der Waals surface area contributed by atoms with Crippen LogP contribution in [0, 0.1) is 0 Å². The Morgan fingerprint density at radius 3 is 2.18 bits per heavy atom. The summed E-state index contributed by atoms with van der Waals surface area (Å²) >= 11 is 0. The number of hydrogen-bond donors (Lipinski definition) is 0. The first-order valence-electron chi connectivity index (χ1n) is 10.6. The van der Waals surface area contributed by atoms with Crippen molar-refractivity contribution >= 4 is 23.9 Å². The van der Waals surface area contributed by atoms with Gasteiger partial charge in [0, 0.05) is 20.2 Å². The molecule has 10 nitrogen and oxygen atoms in total. The van der Waals surface area contributed by atoms with Crippen LogP contribution in [0.2, 0.25) is 0 Å². The molecule has 2 amide bonds. The van der Waals surface area contributed by atoms with Crippen molar-refractivity contribution < 1.29 is 38.1 Å². The summed E-state index contributed by atoms with van der Waals surface area (Å²) < 4.78 is 20.7. The Kier molecular flexibility index (Phi) is 8.81. The zero-order valence-electron chi connectivity index (χ0n) is 20.0. The maximum absolute atomic E-state index is 12.8. The van der Waals surface area contributed by atoms with Crippen LogP contribution in [0.4, 0.5) is 9.59 Å². The third kappa shape index (κ3) is 7.18. The van der Waals surface area contributed by atoms with Crippen molar-refractivity contribution in [1.29, 1.82) is 0 Å². The second kappa shape index (κ2) is 11.1. The Hall–Kier alpha value is -3.14. The normalized spacial score (nSPS) is 17.2. The quantitative estimate of drug-likeness (QED) is 0.591. The van der Waals surface area contributed by atoms with Crippen LogP contribution in [0.3, 0.4) is 0 Å². The maximum atomic E-state index is 12.8. The van der Waals surface area contributed by atoms with Gasteiger partial charge in [0.15, 0.2) is 6.04 Å². The molecule has 33 heavy (non-hydrogen) atoms. The maximum Gasteiger partial charge on any atom is 0.416 e. The average Bonchev–Trinajstić information content (AvgIpc) is 2.75. The zero-order chi connectivity index (χ0) is 24.8. The van der Waals surface area contributed by atoms with E-state index in [9.17, 15) is 19.2 Å². The molecule has 0 aromatic heterocycles. The number of carbonyl (C=O) groups excluding carboxylic acids is 4. The van der Waals surface area contributed by atoms with Crippen molar-refractivity contribution in [2.24, 2.45) is 0 Å². The summed E-state index contributed by atoms with van der Waals surface area (Å²) in [4.78, 5) is 52.0. The molecule has 0 radical (unpaired) electrons. The van der Waals surface area contributed by atoms with Gasteiger partial charge in [-0.25, -0.2) is 14.4 Å². The largest absolute Gasteiger partial charge is 0.467 e. The minimum atomic E-state index is -1.04. The molecular weight excluding hydrogens is 432 g/mol. The second-order valence-electron chi connectivity index (χ2n) is 8.71. The highest BCUT2D eigenvalue weighted by Gasteiger charge is 2.40. The number of methoxy groups -OCH3 is 2. The van der Waals surface area contributed by atoms with Crippen molar-refractivity contribution in [1.82, 2.24) is 9.80 Å². The number of amides is 2. The molecule has 10 heteroatoms. The van der Waals surface area contributed by atoms with Gasteiger partial charge in [-0.3, -0.25) is 9.69 Å². The summed E-state index contributed by atoms with van der Waals surface area (Å²) in [6, 6.07) is 5.48. The summed E-state index contributed by atoms with van der Waals surface area (Å²) in [5.41, 5.74) is 0.0487. The molecule has 2 unspecified atom stereocenters. The Labute approximate surface area is 193 Å². The smallest absolute Gasteiger partial charge is 0.416 e. The highest BCUT2D eigenvalue weighted by molar-refractivity contribution is 5.84. The summed E-state index contributed by atoms with van der Waals surface area (Å²) in [5.74, 6) is -0.865. The van der Waals surface area contributed by atoms with Gasteiger partial charge in [0.25, 0.3) is 0 Å². The van der Waals surface area contributed by atoms with Gasteiger partial charge in [0.05, 0.1) is 26.2 Å². The minimum Gasteiger partial charge on any atom is -0.467 e. The second-order valence-corrected chi connectivity index (χ2v) is 8.71. The van der Waals surface area contributed by atoms with Crippen molar-refractivity contribution in [2.45, 2.75) is 45.3 Å². The molecule has 182 valence electrons. The summed E-state index contributed by atoms with van der Waals surface area (Å²) in [6.07, 6.45) is -1.32. The average molecular weight is 465 g/mol. The van der Waals surface area contributed by atoms with Crippen LogP contribution < -0.4 is 4.74 Å². The highest BCUT2D eigenvalue weighted by atomic mass is 16.6. The molecule has 1 fully saturated rings. The molecule has 0 N–H and O–H groups in total. The van der Waals surface area contributed by atoms with E-state index in [2.05, 4.69) is 0 Å². The number of Topliss-reactive ketones (excluding diaryl/α,β-unsaturated/α-hetero) is 1. The first-order chi connectivity index (χ1) is 15.5. The fourth-order valence-electron chi connectivity index (χ4n) is 3.37.